The van der Waals surface area contributed by atoms with Gasteiger partial charge >= 0.3 is 5.97 Å². The minimum Gasteiger partial charge on any atom is -0.489 e. The fraction of sp³-hybridized carbons (Fsp3) is 0.0833. The molecule has 2 N–H and O–H groups in total. The smallest absolute Gasteiger partial charge is 0.358 e. The number of nitrogens with two attached hydrogens (primary N) is 1. The van der Waals surface area contributed by atoms with Crippen molar-refractivity contribution >= 4 is 16.0 Å². The number of nitrogens with zero attached hydrogens (tertiary/aromatic N) is 2. The zero-order valence-corrected chi connectivity index (χ0v) is 18.5. The molecule has 8 nitrogen and oxygen atoms in total. The van der Waals surface area contributed by atoms with E-state index in [9.17, 15) is 13.2 Å². The Balaban J connectivity index is 1.65. The second-order valence-electron chi connectivity index (χ2n) is 7.16. The first-order valence-corrected chi connectivity index (χ1v) is 11.5. The molecule has 4 rings (SSSR count). The van der Waals surface area contributed by atoms with Crippen LogP contribution < -0.4 is 9.88 Å². The van der Waals surface area contributed by atoms with Gasteiger partial charge in [-0.2, -0.15) is 5.10 Å². The quantitative estimate of drug-likeness (QED) is 0.419. The van der Waals surface area contributed by atoms with Crippen LogP contribution in [0.4, 0.5) is 0 Å². The number of benzene rings is 3. The number of carbonyl (C=O) groups excluding carboxylic acids is 1. The van der Waals surface area contributed by atoms with E-state index < -0.39 is 16.0 Å². The van der Waals surface area contributed by atoms with Crippen molar-refractivity contribution in [1.29, 1.82) is 0 Å². The summed E-state index contributed by atoms with van der Waals surface area (Å²) >= 11 is 0. The van der Waals surface area contributed by atoms with E-state index in [0.29, 0.717) is 23.7 Å². The molecule has 0 radical (unpaired) electrons. The predicted octanol–water partition coefficient (Wildman–Crippen LogP) is 3.55. The molecule has 1 heterocycles. The molecule has 0 aliphatic heterocycles. The number of carbonyl (C=O) groups is 1. The van der Waals surface area contributed by atoms with Crippen LogP contribution in [-0.4, -0.2) is 31.3 Å². The summed E-state index contributed by atoms with van der Waals surface area (Å²) in [5, 5.41) is 9.53. The number of aromatic nitrogens is 2. The normalized spacial score (nSPS) is 11.2. The van der Waals surface area contributed by atoms with Gasteiger partial charge in [0.05, 0.1) is 23.4 Å². The topological polar surface area (TPSA) is 114 Å². The lowest BCUT2D eigenvalue weighted by atomic mass is 10.1. The number of ether oxygens (including phenoxy) is 2. The van der Waals surface area contributed by atoms with Crippen molar-refractivity contribution in [1.82, 2.24) is 9.78 Å². The van der Waals surface area contributed by atoms with E-state index in [-0.39, 0.29) is 10.6 Å². The molecular weight excluding hydrogens is 442 g/mol. The third-order valence-corrected chi connectivity index (χ3v) is 5.84. The monoisotopic (exact) mass is 463 g/mol. The molecule has 0 fully saturated rings. The van der Waals surface area contributed by atoms with Crippen molar-refractivity contribution in [2.45, 2.75) is 11.5 Å². The molecule has 0 aliphatic rings. The highest BCUT2D eigenvalue weighted by molar-refractivity contribution is 7.89. The van der Waals surface area contributed by atoms with Crippen LogP contribution in [0.25, 0.3) is 16.9 Å². The van der Waals surface area contributed by atoms with Gasteiger partial charge < -0.3 is 9.47 Å². The van der Waals surface area contributed by atoms with E-state index in [2.05, 4.69) is 5.10 Å². The van der Waals surface area contributed by atoms with Crippen LogP contribution in [-0.2, 0) is 21.4 Å². The first kappa shape index (κ1) is 22.3. The molecule has 1 aromatic heterocycles. The lowest BCUT2D eigenvalue weighted by Crippen LogP contribution is -2.12. The highest BCUT2D eigenvalue weighted by atomic mass is 32.2. The van der Waals surface area contributed by atoms with Crippen LogP contribution in [0, 0.1) is 0 Å². The average Bonchev–Trinajstić information content (AvgIpc) is 3.28. The molecule has 0 bridgehead atoms. The summed E-state index contributed by atoms with van der Waals surface area (Å²) in [6.45, 7) is 0.445. The number of primary sulfonamides is 1. The number of hydrogen-bond acceptors (Lipinski definition) is 6. The van der Waals surface area contributed by atoms with E-state index in [0.717, 1.165) is 11.1 Å². The van der Waals surface area contributed by atoms with Crippen LogP contribution in [0.3, 0.4) is 0 Å². The molecular formula is C24H21N3O5S. The Kier molecular flexibility index (Phi) is 6.25. The van der Waals surface area contributed by atoms with Gasteiger partial charge in [0.1, 0.15) is 12.4 Å². The van der Waals surface area contributed by atoms with Crippen molar-refractivity contribution < 1.29 is 22.7 Å². The molecule has 4 aromatic rings. The van der Waals surface area contributed by atoms with Crippen LogP contribution in [0.5, 0.6) is 5.75 Å². The SMILES string of the molecule is COC(=O)c1cc(-c2ccc(OCc3ccccc3)cc2)n(-c2ccc(S(N)(=O)=O)cc2)n1. The molecule has 0 saturated carbocycles. The number of methoxy groups -OCH3 is 1. The zero-order valence-electron chi connectivity index (χ0n) is 17.7. The fourth-order valence-corrected chi connectivity index (χ4v) is 3.74. The Morgan fingerprint density at radius 3 is 2.24 bits per heavy atom. The third-order valence-electron chi connectivity index (χ3n) is 4.91. The maximum atomic E-state index is 12.1. The Hall–Kier alpha value is -3.95. The predicted molar refractivity (Wildman–Crippen MR) is 122 cm³/mol. The molecule has 0 unspecified atom stereocenters. The molecule has 168 valence electrons. The van der Waals surface area contributed by atoms with Crippen LogP contribution in [0.1, 0.15) is 16.1 Å². The molecule has 0 saturated heterocycles. The number of hydrogen-bond donors (Lipinski definition) is 1. The highest BCUT2D eigenvalue weighted by Gasteiger charge is 2.18. The van der Waals surface area contributed by atoms with Gasteiger partial charge in [-0.05, 0) is 60.2 Å². The van der Waals surface area contributed by atoms with E-state index >= 15 is 0 Å². The lowest BCUT2D eigenvalue weighted by molar-refractivity contribution is 0.0593. The molecule has 9 heteroatoms. The van der Waals surface area contributed by atoms with E-state index in [1.54, 1.807) is 22.9 Å². The van der Waals surface area contributed by atoms with E-state index in [4.69, 9.17) is 14.6 Å². The summed E-state index contributed by atoms with van der Waals surface area (Å²) in [6, 6.07) is 24.7. The van der Waals surface area contributed by atoms with Gasteiger partial charge in [-0.25, -0.2) is 23.0 Å². The van der Waals surface area contributed by atoms with Gasteiger partial charge in [-0.3, -0.25) is 0 Å². The van der Waals surface area contributed by atoms with Crippen LogP contribution >= 0.6 is 0 Å². The van der Waals surface area contributed by atoms with Crippen LogP contribution in [0.15, 0.2) is 89.8 Å². The maximum absolute atomic E-state index is 12.1. The van der Waals surface area contributed by atoms with E-state index in [1.165, 1.54) is 19.2 Å². The van der Waals surface area contributed by atoms with Crippen molar-refractivity contribution in [3.8, 4) is 22.7 Å². The first-order valence-electron chi connectivity index (χ1n) is 9.94. The summed E-state index contributed by atoms with van der Waals surface area (Å²) in [4.78, 5) is 12.1. The van der Waals surface area contributed by atoms with Crippen molar-refractivity contribution in [2.75, 3.05) is 7.11 Å². The standard InChI is InChI=1S/C24H21N3O5S/c1-31-24(28)22-15-23(27(26-22)19-9-13-21(14-10-19)33(25,29)30)18-7-11-20(12-8-18)32-16-17-5-3-2-4-6-17/h2-15H,16H2,1H3,(H2,25,29,30). The summed E-state index contributed by atoms with van der Waals surface area (Å²) in [5.41, 5.74) is 3.13. The molecule has 0 atom stereocenters. The first-order chi connectivity index (χ1) is 15.8. The Morgan fingerprint density at radius 2 is 1.64 bits per heavy atom. The Bertz CT molecular complexity index is 1360. The summed E-state index contributed by atoms with van der Waals surface area (Å²) in [7, 11) is -2.55. The Labute approximate surface area is 191 Å². The van der Waals surface area contributed by atoms with Gasteiger partial charge in [0.2, 0.25) is 10.0 Å². The summed E-state index contributed by atoms with van der Waals surface area (Å²) < 4.78 is 35.3. The lowest BCUT2D eigenvalue weighted by Gasteiger charge is -2.10. The maximum Gasteiger partial charge on any atom is 0.358 e. The van der Waals surface area contributed by atoms with Gasteiger partial charge in [0.25, 0.3) is 0 Å². The molecule has 0 spiro atoms. The van der Waals surface area contributed by atoms with Gasteiger partial charge in [-0.1, -0.05) is 30.3 Å². The molecule has 0 aliphatic carbocycles. The molecule has 0 amide bonds. The number of rotatable bonds is 7. The van der Waals surface area contributed by atoms with Gasteiger partial charge in [-0.15, -0.1) is 0 Å². The largest absolute Gasteiger partial charge is 0.489 e. The highest BCUT2D eigenvalue weighted by Crippen LogP contribution is 2.27. The van der Waals surface area contributed by atoms with Crippen LogP contribution in [0.2, 0.25) is 0 Å². The Morgan fingerprint density at radius 1 is 0.970 bits per heavy atom. The third kappa shape index (κ3) is 5.11. The summed E-state index contributed by atoms with van der Waals surface area (Å²) in [5.74, 6) is 0.110. The molecule has 3 aromatic carbocycles. The minimum absolute atomic E-state index is 0.0203. The minimum atomic E-state index is -3.82. The average molecular weight is 464 g/mol. The zero-order chi connectivity index (χ0) is 23.4. The van der Waals surface area contributed by atoms with Crippen molar-refractivity contribution in [2.24, 2.45) is 5.14 Å². The molecule has 33 heavy (non-hydrogen) atoms. The number of esters is 1. The van der Waals surface area contributed by atoms with Gasteiger partial charge in [0.15, 0.2) is 5.69 Å². The fourth-order valence-electron chi connectivity index (χ4n) is 3.23. The number of sulfonamides is 1. The van der Waals surface area contributed by atoms with Gasteiger partial charge in [0, 0.05) is 5.56 Å². The summed E-state index contributed by atoms with van der Waals surface area (Å²) in [6.07, 6.45) is 0. The van der Waals surface area contributed by atoms with Crippen molar-refractivity contribution in [3.05, 3.63) is 96.2 Å². The van der Waals surface area contributed by atoms with Crippen molar-refractivity contribution in [3.63, 3.8) is 0 Å². The second kappa shape index (κ2) is 9.27. The van der Waals surface area contributed by atoms with E-state index in [1.807, 2.05) is 54.6 Å². The second-order valence-corrected chi connectivity index (χ2v) is 8.72.